The van der Waals surface area contributed by atoms with Crippen molar-refractivity contribution in [2.45, 2.75) is 13.8 Å². The number of rotatable bonds is 4. The summed E-state index contributed by atoms with van der Waals surface area (Å²) in [5.74, 6) is 0.359. The van der Waals surface area contributed by atoms with Crippen LogP contribution in [0.15, 0.2) is 30.8 Å². The Bertz CT molecular complexity index is 301. The van der Waals surface area contributed by atoms with Crippen molar-refractivity contribution in [3.63, 3.8) is 0 Å². The predicted molar refractivity (Wildman–Crippen MR) is 58.3 cm³/mol. The van der Waals surface area contributed by atoms with Gasteiger partial charge in [-0.25, -0.2) is 4.39 Å². The van der Waals surface area contributed by atoms with Crippen molar-refractivity contribution in [3.05, 3.63) is 42.2 Å². The van der Waals surface area contributed by atoms with E-state index in [4.69, 9.17) is 0 Å². The van der Waals surface area contributed by atoms with Gasteiger partial charge in [0.25, 0.3) is 0 Å². The van der Waals surface area contributed by atoms with Crippen molar-refractivity contribution in [2.24, 2.45) is 5.92 Å². The van der Waals surface area contributed by atoms with Crippen molar-refractivity contribution in [2.75, 3.05) is 6.54 Å². The van der Waals surface area contributed by atoms with E-state index in [-0.39, 0.29) is 5.82 Å². The van der Waals surface area contributed by atoms with Crippen LogP contribution in [0.25, 0.3) is 5.70 Å². The average Bonchev–Trinajstić information content (AvgIpc) is 2.15. The van der Waals surface area contributed by atoms with Gasteiger partial charge in [0.1, 0.15) is 5.82 Å². The fraction of sp³-hybridized carbons (Fsp3) is 0.333. The molecule has 0 bridgehead atoms. The molecule has 0 radical (unpaired) electrons. The number of benzene rings is 1. The highest BCUT2D eigenvalue weighted by atomic mass is 19.1. The van der Waals surface area contributed by atoms with Crippen LogP contribution in [0.4, 0.5) is 4.39 Å². The maximum Gasteiger partial charge on any atom is 0.123 e. The fourth-order valence-corrected chi connectivity index (χ4v) is 1.08. The van der Waals surface area contributed by atoms with Gasteiger partial charge in [0.2, 0.25) is 0 Å². The Morgan fingerprint density at radius 1 is 1.36 bits per heavy atom. The van der Waals surface area contributed by atoms with Crippen LogP contribution in [0.2, 0.25) is 0 Å². The third kappa shape index (κ3) is 3.21. The molecular weight excluding hydrogens is 177 g/mol. The SMILES string of the molecule is C=C(NCC(C)C)c1ccc(F)cc1. The Morgan fingerprint density at radius 3 is 2.43 bits per heavy atom. The molecule has 0 unspecified atom stereocenters. The molecule has 0 saturated heterocycles. The minimum Gasteiger partial charge on any atom is -0.385 e. The molecule has 0 saturated carbocycles. The molecule has 1 aromatic carbocycles. The summed E-state index contributed by atoms with van der Waals surface area (Å²) in [6.07, 6.45) is 0. The van der Waals surface area contributed by atoms with Gasteiger partial charge in [0.05, 0.1) is 0 Å². The molecule has 1 N–H and O–H groups in total. The Labute approximate surface area is 84.6 Å². The summed E-state index contributed by atoms with van der Waals surface area (Å²) in [6.45, 7) is 9.04. The van der Waals surface area contributed by atoms with Gasteiger partial charge in [-0.1, -0.05) is 32.6 Å². The lowest BCUT2D eigenvalue weighted by Gasteiger charge is -2.11. The van der Waals surface area contributed by atoms with E-state index in [0.717, 1.165) is 17.8 Å². The van der Waals surface area contributed by atoms with E-state index < -0.39 is 0 Å². The van der Waals surface area contributed by atoms with Crippen LogP contribution in [0.1, 0.15) is 19.4 Å². The third-order valence-corrected chi connectivity index (χ3v) is 1.92. The Hall–Kier alpha value is -1.31. The maximum atomic E-state index is 12.6. The zero-order valence-corrected chi connectivity index (χ0v) is 8.68. The molecule has 14 heavy (non-hydrogen) atoms. The van der Waals surface area contributed by atoms with Gasteiger partial charge in [-0.15, -0.1) is 0 Å². The summed E-state index contributed by atoms with van der Waals surface area (Å²) < 4.78 is 12.6. The van der Waals surface area contributed by atoms with Crippen LogP contribution in [0, 0.1) is 11.7 Å². The van der Waals surface area contributed by atoms with Gasteiger partial charge in [-0.3, -0.25) is 0 Å². The van der Waals surface area contributed by atoms with Crippen molar-refractivity contribution in [3.8, 4) is 0 Å². The predicted octanol–water partition coefficient (Wildman–Crippen LogP) is 3.04. The van der Waals surface area contributed by atoms with Gasteiger partial charge in [0.15, 0.2) is 0 Å². The largest absolute Gasteiger partial charge is 0.385 e. The Balaban J connectivity index is 2.57. The topological polar surface area (TPSA) is 12.0 Å². The molecule has 1 rings (SSSR count). The first kappa shape index (κ1) is 10.8. The van der Waals surface area contributed by atoms with Gasteiger partial charge in [-0.05, 0) is 23.6 Å². The lowest BCUT2D eigenvalue weighted by Crippen LogP contribution is -2.17. The van der Waals surface area contributed by atoms with Gasteiger partial charge >= 0.3 is 0 Å². The van der Waals surface area contributed by atoms with E-state index in [1.165, 1.54) is 12.1 Å². The quantitative estimate of drug-likeness (QED) is 0.775. The molecule has 0 aliphatic carbocycles. The zero-order valence-electron chi connectivity index (χ0n) is 8.68. The molecule has 0 atom stereocenters. The van der Waals surface area contributed by atoms with Crippen molar-refractivity contribution in [1.82, 2.24) is 5.32 Å². The molecule has 0 spiro atoms. The highest BCUT2D eigenvalue weighted by Gasteiger charge is 1.99. The fourth-order valence-electron chi connectivity index (χ4n) is 1.08. The van der Waals surface area contributed by atoms with E-state index in [9.17, 15) is 4.39 Å². The molecule has 0 aliphatic rings. The van der Waals surface area contributed by atoms with Crippen LogP contribution < -0.4 is 5.32 Å². The summed E-state index contributed by atoms with van der Waals surface area (Å²) in [6, 6.07) is 6.34. The monoisotopic (exact) mass is 193 g/mol. The molecule has 0 aliphatic heterocycles. The summed E-state index contributed by atoms with van der Waals surface area (Å²) in [7, 11) is 0. The second kappa shape index (κ2) is 4.80. The lowest BCUT2D eigenvalue weighted by atomic mass is 10.1. The van der Waals surface area contributed by atoms with E-state index in [1.54, 1.807) is 12.1 Å². The summed E-state index contributed by atoms with van der Waals surface area (Å²) >= 11 is 0. The van der Waals surface area contributed by atoms with Gasteiger partial charge in [-0.2, -0.15) is 0 Å². The molecule has 1 aromatic rings. The lowest BCUT2D eigenvalue weighted by molar-refractivity contribution is 0.617. The van der Waals surface area contributed by atoms with Crippen molar-refractivity contribution in [1.29, 1.82) is 0 Å². The van der Waals surface area contributed by atoms with E-state index >= 15 is 0 Å². The van der Waals surface area contributed by atoms with E-state index in [2.05, 4.69) is 25.7 Å². The molecule has 0 amide bonds. The van der Waals surface area contributed by atoms with Gasteiger partial charge in [0, 0.05) is 12.2 Å². The second-order valence-electron chi connectivity index (χ2n) is 3.76. The van der Waals surface area contributed by atoms with E-state index in [1.807, 2.05) is 0 Å². The molecule has 0 fully saturated rings. The highest BCUT2D eigenvalue weighted by Crippen LogP contribution is 2.10. The number of hydrogen-bond acceptors (Lipinski definition) is 1. The first-order valence-electron chi connectivity index (χ1n) is 4.78. The van der Waals surface area contributed by atoms with Crippen LogP contribution in [0.5, 0.6) is 0 Å². The van der Waals surface area contributed by atoms with E-state index in [0.29, 0.717) is 5.92 Å². The Morgan fingerprint density at radius 2 is 1.93 bits per heavy atom. The van der Waals surface area contributed by atoms with Crippen LogP contribution >= 0.6 is 0 Å². The molecule has 0 aromatic heterocycles. The molecule has 1 nitrogen and oxygen atoms in total. The molecular formula is C12H16FN. The normalized spacial score (nSPS) is 10.3. The highest BCUT2D eigenvalue weighted by molar-refractivity contribution is 5.61. The maximum absolute atomic E-state index is 12.6. The number of nitrogens with one attached hydrogen (secondary N) is 1. The van der Waals surface area contributed by atoms with Crippen molar-refractivity contribution >= 4 is 5.70 Å². The van der Waals surface area contributed by atoms with Crippen LogP contribution in [0.3, 0.4) is 0 Å². The smallest absolute Gasteiger partial charge is 0.123 e. The van der Waals surface area contributed by atoms with Gasteiger partial charge < -0.3 is 5.32 Å². The summed E-state index contributed by atoms with van der Waals surface area (Å²) in [5.41, 5.74) is 1.78. The number of hydrogen-bond donors (Lipinski definition) is 1. The standard InChI is InChI=1S/C12H16FN/c1-9(2)8-14-10(3)11-4-6-12(13)7-5-11/h4-7,9,14H,3,8H2,1-2H3. The van der Waals surface area contributed by atoms with Crippen LogP contribution in [-0.2, 0) is 0 Å². The first-order chi connectivity index (χ1) is 6.59. The Kier molecular flexibility index (Phi) is 3.69. The number of halogens is 1. The summed E-state index contributed by atoms with van der Waals surface area (Å²) in [4.78, 5) is 0. The van der Waals surface area contributed by atoms with Crippen LogP contribution in [-0.4, -0.2) is 6.54 Å². The minimum absolute atomic E-state index is 0.217. The summed E-state index contributed by atoms with van der Waals surface area (Å²) in [5, 5.41) is 3.20. The third-order valence-electron chi connectivity index (χ3n) is 1.92. The van der Waals surface area contributed by atoms with Crippen molar-refractivity contribution < 1.29 is 4.39 Å². The molecule has 2 heteroatoms. The first-order valence-corrected chi connectivity index (χ1v) is 4.78. The second-order valence-corrected chi connectivity index (χ2v) is 3.76. The average molecular weight is 193 g/mol. The minimum atomic E-state index is -0.217. The molecule has 76 valence electrons. The zero-order chi connectivity index (χ0) is 10.6. The molecule has 0 heterocycles.